The van der Waals surface area contributed by atoms with E-state index in [2.05, 4.69) is 30.6 Å². The van der Waals surface area contributed by atoms with Gasteiger partial charge in [0.25, 0.3) is 11.8 Å². The molecule has 2 aromatic carbocycles. The molecule has 55 heavy (non-hydrogen) atoms. The number of benzene rings is 2. The van der Waals surface area contributed by atoms with Gasteiger partial charge in [0, 0.05) is 57.8 Å². The molecule has 286 valence electrons. The highest BCUT2D eigenvalue weighted by Gasteiger charge is 2.45. The van der Waals surface area contributed by atoms with E-state index in [0.717, 1.165) is 80.4 Å². The number of rotatable bonds is 5. The summed E-state index contributed by atoms with van der Waals surface area (Å²) in [7, 11) is 0. The van der Waals surface area contributed by atoms with Crippen molar-refractivity contribution in [3.63, 3.8) is 0 Å². The van der Waals surface area contributed by atoms with Crippen LogP contribution in [0.25, 0.3) is 11.3 Å². The molecule has 4 saturated heterocycles. The van der Waals surface area contributed by atoms with Crippen molar-refractivity contribution < 1.29 is 29.1 Å². The number of fused-ring (bicyclic) bond motifs is 4. The Morgan fingerprint density at radius 1 is 0.800 bits per heavy atom. The maximum atomic E-state index is 13.7. The van der Waals surface area contributed by atoms with Gasteiger partial charge >= 0.3 is 6.03 Å². The molecule has 3 aromatic rings. The number of aromatic hydroxyl groups is 1. The fourth-order valence-electron chi connectivity index (χ4n) is 9.35. The van der Waals surface area contributed by atoms with Gasteiger partial charge in [0.05, 0.1) is 28.6 Å². The van der Waals surface area contributed by atoms with Crippen LogP contribution < -0.4 is 15.5 Å². The van der Waals surface area contributed by atoms with Crippen molar-refractivity contribution in [3.8, 4) is 17.0 Å². The average Bonchev–Trinajstić information content (AvgIpc) is 3.45. The molecular formula is C40H45N9O6. The number of piperazine rings is 1. The van der Waals surface area contributed by atoms with Gasteiger partial charge in [-0.3, -0.25) is 29.4 Å². The third-order valence-corrected chi connectivity index (χ3v) is 12.4. The van der Waals surface area contributed by atoms with Crippen LogP contribution in [0.4, 0.5) is 16.3 Å². The van der Waals surface area contributed by atoms with Crippen LogP contribution >= 0.6 is 0 Å². The zero-order valence-electron chi connectivity index (χ0n) is 30.7. The number of phenolic OH excluding ortho intramolecular Hbond substituents is 1. The summed E-state index contributed by atoms with van der Waals surface area (Å²) in [5.41, 5.74) is 3.89. The van der Waals surface area contributed by atoms with Gasteiger partial charge in [0.1, 0.15) is 11.8 Å². The van der Waals surface area contributed by atoms with E-state index in [1.165, 1.54) is 0 Å². The Morgan fingerprint density at radius 3 is 2.36 bits per heavy atom. The molecule has 0 radical (unpaired) electrons. The molecule has 15 nitrogen and oxygen atoms in total. The van der Waals surface area contributed by atoms with Gasteiger partial charge in [-0.1, -0.05) is 18.2 Å². The minimum Gasteiger partial charge on any atom is -0.507 e. The van der Waals surface area contributed by atoms with Crippen molar-refractivity contribution in [3.05, 3.63) is 65.2 Å². The summed E-state index contributed by atoms with van der Waals surface area (Å²) in [5.74, 6) is -0.247. The molecule has 0 bridgehead atoms. The number of piperidine rings is 3. The van der Waals surface area contributed by atoms with Gasteiger partial charge in [-0.25, -0.2) is 4.79 Å². The number of anilines is 2. The SMILES string of the molecule is O=C1CCC(N2C(=O)c3ccc(C4CCN(CC5CCN(C(=O)N6CCN7c8cc(-c9ccccc9O)nnc8NC[C@H]7C6)CC5)CC4)cc3C2=O)C(=O)N1. The fourth-order valence-corrected chi connectivity index (χ4v) is 9.35. The molecule has 0 spiro atoms. The van der Waals surface area contributed by atoms with E-state index in [9.17, 15) is 29.1 Å². The third kappa shape index (κ3) is 6.53. The minimum absolute atomic E-state index is 0.0969. The number of carbonyl (C=O) groups is 5. The number of urea groups is 1. The predicted molar refractivity (Wildman–Crippen MR) is 202 cm³/mol. The maximum absolute atomic E-state index is 13.7. The van der Waals surface area contributed by atoms with Gasteiger partial charge in [-0.15, -0.1) is 10.2 Å². The van der Waals surface area contributed by atoms with E-state index >= 15 is 0 Å². The van der Waals surface area contributed by atoms with Gasteiger partial charge < -0.3 is 30.0 Å². The number of carbonyl (C=O) groups excluding carboxylic acids is 5. The van der Waals surface area contributed by atoms with Gasteiger partial charge in [0.2, 0.25) is 11.8 Å². The van der Waals surface area contributed by atoms with Crippen LogP contribution in [0, 0.1) is 5.92 Å². The van der Waals surface area contributed by atoms with Crippen molar-refractivity contribution >= 4 is 41.2 Å². The van der Waals surface area contributed by atoms with Gasteiger partial charge in [0.15, 0.2) is 5.82 Å². The molecule has 7 heterocycles. The van der Waals surface area contributed by atoms with E-state index in [1.807, 2.05) is 40.1 Å². The first-order valence-electron chi connectivity index (χ1n) is 19.5. The van der Waals surface area contributed by atoms with Crippen molar-refractivity contribution in [2.45, 2.75) is 56.5 Å². The van der Waals surface area contributed by atoms with Crippen LogP contribution in [0.5, 0.6) is 5.75 Å². The van der Waals surface area contributed by atoms with E-state index < -0.39 is 23.8 Å². The number of aromatic nitrogens is 2. The number of imide groups is 2. The second kappa shape index (κ2) is 14.3. The molecule has 0 saturated carbocycles. The molecule has 2 atom stereocenters. The number of para-hydroxylation sites is 1. The van der Waals surface area contributed by atoms with E-state index in [1.54, 1.807) is 18.2 Å². The van der Waals surface area contributed by atoms with Crippen LogP contribution in [0.1, 0.15) is 70.7 Å². The van der Waals surface area contributed by atoms with E-state index in [4.69, 9.17) is 0 Å². The van der Waals surface area contributed by atoms with Crippen molar-refractivity contribution in [2.75, 3.05) is 69.1 Å². The zero-order chi connectivity index (χ0) is 37.8. The quantitative estimate of drug-likeness (QED) is 0.328. The van der Waals surface area contributed by atoms with Crippen molar-refractivity contribution in [2.24, 2.45) is 5.92 Å². The summed E-state index contributed by atoms with van der Waals surface area (Å²) >= 11 is 0. The number of amides is 6. The summed E-state index contributed by atoms with van der Waals surface area (Å²) < 4.78 is 0. The number of nitrogens with one attached hydrogen (secondary N) is 2. The lowest BCUT2D eigenvalue weighted by Gasteiger charge is -2.47. The summed E-state index contributed by atoms with van der Waals surface area (Å²) in [5, 5.41) is 24.8. The number of phenols is 1. The standard InChI is InChI=1S/C40H45N9O6/c50-34-4-2-1-3-29(34)31-20-33-36(44-43-31)41-21-27-23-47(17-18-48(27)33)40(55)46-15-9-24(10-16-46)22-45-13-11-25(12-14-45)26-5-6-28-30(19-26)39(54)49(38(28)53)32-7-8-35(51)42-37(32)52/h1-6,19-20,24-25,27,32,50H,7-18,21-23H2,(H,41,44)(H,42,51,52)/t27-,32?/m0/s1. The molecule has 9 rings (SSSR count). The Balaban J connectivity index is 0.745. The Morgan fingerprint density at radius 2 is 1.58 bits per heavy atom. The fraction of sp³-hybridized carbons (Fsp3) is 0.475. The monoisotopic (exact) mass is 747 g/mol. The van der Waals surface area contributed by atoms with Gasteiger partial charge in [-0.2, -0.15) is 0 Å². The summed E-state index contributed by atoms with van der Waals surface area (Å²) in [4.78, 5) is 74.1. The lowest BCUT2D eigenvalue weighted by Crippen LogP contribution is -2.61. The maximum Gasteiger partial charge on any atom is 0.320 e. The molecule has 1 unspecified atom stereocenters. The zero-order valence-corrected chi connectivity index (χ0v) is 30.7. The molecule has 15 heteroatoms. The van der Waals surface area contributed by atoms with E-state index in [0.29, 0.717) is 54.5 Å². The normalized spacial score (nSPS) is 23.6. The minimum atomic E-state index is -0.964. The molecule has 1 aromatic heterocycles. The van der Waals surface area contributed by atoms with Crippen LogP contribution in [-0.2, 0) is 9.59 Å². The summed E-state index contributed by atoms with van der Waals surface area (Å²) in [6.07, 6.45) is 4.09. The average molecular weight is 748 g/mol. The predicted octanol–water partition coefficient (Wildman–Crippen LogP) is 2.88. The number of likely N-dealkylation sites (tertiary alicyclic amines) is 2. The van der Waals surface area contributed by atoms with Gasteiger partial charge in [-0.05, 0) is 92.9 Å². The Kier molecular flexibility index (Phi) is 9.11. The van der Waals surface area contributed by atoms with Crippen molar-refractivity contribution in [1.82, 2.24) is 35.1 Å². The number of hydrogen-bond acceptors (Lipinski definition) is 11. The summed E-state index contributed by atoms with van der Waals surface area (Å²) in [6, 6.07) is 13.8. The Bertz CT molecular complexity index is 2060. The first-order valence-corrected chi connectivity index (χ1v) is 19.5. The highest BCUT2D eigenvalue weighted by molar-refractivity contribution is 6.23. The Labute approximate surface area is 318 Å². The molecule has 4 fully saturated rings. The molecule has 6 amide bonds. The number of nitrogens with zero attached hydrogens (tertiary/aromatic N) is 7. The van der Waals surface area contributed by atoms with Crippen LogP contribution in [0.2, 0.25) is 0 Å². The largest absolute Gasteiger partial charge is 0.507 e. The van der Waals surface area contributed by atoms with Crippen LogP contribution in [-0.4, -0.2) is 136 Å². The lowest BCUT2D eigenvalue weighted by atomic mass is 9.87. The molecule has 6 aliphatic heterocycles. The first kappa shape index (κ1) is 35.2. The summed E-state index contributed by atoms with van der Waals surface area (Å²) in [6.45, 7) is 7.03. The highest BCUT2D eigenvalue weighted by Crippen LogP contribution is 2.37. The molecule has 6 aliphatic rings. The number of hydrogen-bond donors (Lipinski definition) is 3. The second-order valence-corrected chi connectivity index (χ2v) is 15.7. The Hall–Kier alpha value is -5.57. The smallest absolute Gasteiger partial charge is 0.320 e. The van der Waals surface area contributed by atoms with Crippen LogP contribution in [0.3, 0.4) is 0 Å². The van der Waals surface area contributed by atoms with Crippen molar-refractivity contribution in [1.29, 1.82) is 0 Å². The van der Waals surface area contributed by atoms with E-state index in [-0.39, 0.29) is 42.5 Å². The molecular weight excluding hydrogens is 702 g/mol. The molecule has 3 N–H and O–H groups in total. The third-order valence-electron chi connectivity index (χ3n) is 12.4. The topological polar surface area (TPSA) is 172 Å². The first-order chi connectivity index (χ1) is 26.7. The lowest BCUT2D eigenvalue weighted by molar-refractivity contribution is -0.136. The molecule has 0 aliphatic carbocycles. The second-order valence-electron chi connectivity index (χ2n) is 15.7. The highest BCUT2D eigenvalue weighted by atomic mass is 16.3. The van der Waals surface area contributed by atoms with Crippen LogP contribution in [0.15, 0.2) is 48.5 Å².